The predicted molar refractivity (Wildman–Crippen MR) is 79.9 cm³/mol. The van der Waals surface area contributed by atoms with Gasteiger partial charge in [-0.15, -0.1) is 0 Å². The van der Waals surface area contributed by atoms with Crippen LogP contribution in [0.4, 0.5) is 5.69 Å². The SMILES string of the molecule is CC(C)(C)C(=O)Nc1cnn(CCO[C@@H]2CCCCO2)c1. The van der Waals surface area contributed by atoms with Crippen LogP contribution in [0.2, 0.25) is 0 Å². The van der Waals surface area contributed by atoms with Crippen molar-refractivity contribution >= 4 is 11.6 Å². The largest absolute Gasteiger partial charge is 0.353 e. The van der Waals surface area contributed by atoms with Crippen LogP contribution in [0, 0.1) is 5.41 Å². The maximum absolute atomic E-state index is 11.9. The number of ether oxygens (including phenoxy) is 2. The van der Waals surface area contributed by atoms with E-state index in [1.165, 1.54) is 0 Å². The molecule has 0 saturated carbocycles. The Balaban J connectivity index is 1.74. The minimum atomic E-state index is -0.413. The number of nitrogens with zero attached hydrogens (tertiary/aromatic N) is 2. The van der Waals surface area contributed by atoms with Crippen LogP contribution in [0.15, 0.2) is 12.4 Å². The lowest BCUT2D eigenvalue weighted by atomic mass is 9.96. The molecule has 1 aliphatic heterocycles. The van der Waals surface area contributed by atoms with Gasteiger partial charge in [0.25, 0.3) is 0 Å². The van der Waals surface area contributed by atoms with E-state index in [4.69, 9.17) is 9.47 Å². The lowest BCUT2D eigenvalue weighted by Crippen LogP contribution is -2.27. The van der Waals surface area contributed by atoms with Gasteiger partial charge in [-0.25, -0.2) is 0 Å². The number of anilines is 1. The highest BCUT2D eigenvalue weighted by atomic mass is 16.7. The Morgan fingerprint density at radius 2 is 2.33 bits per heavy atom. The van der Waals surface area contributed by atoms with E-state index in [-0.39, 0.29) is 12.2 Å². The third kappa shape index (κ3) is 5.13. The van der Waals surface area contributed by atoms with Crippen molar-refractivity contribution in [2.75, 3.05) is 18.5 Å². The van der Waals surface area contributed by atoms with Gasteiger partial charge >= 0.3 is 0 Å². The number of rotatable bonds is 5. The topological polar surface area (TPSA) is 65.4 Å². The highest BCUT2D eigenvalue weighted by Crippen LogP contribution is 2.17. The molecule has 1 N–H and O–H groups in total. The van der Waals surface area contributed by atoms with Crippen LogP contribution in [-0.2, 0) is 20.8 Å². The number of carbonyl (C=O) groups is 1. The van der Waals surface area contributed by atoms with Gasteiger partial charge in [0.1, 0.15) is 0 Å². The second-order valence-corrected chi connectivity index (χ2v) is 6.36. The van der Waals surface area contributed by atoms with Crippen LogP contribution < -0.4 is 5.32 Å². The van der Waals surface area contributed by atoms with Crippen LogP contribution >= 0.6 is 0 Å². The number of nitrogens with one attached hydrogen (secondary N) is 1. The second-order valence-electron chi connectivity index (χ2n) is 6.36. The molecule has 0 spiro atoms. The minimum Gasteiger partial charge on any atom is -0.353 e. The second kappa shape index (κ2) is 7.04. The van der Waals surface area contributed by atoms with E-state index in [2.05, 4.69) is 10.4 Å². The first-order chi connectivity index (χ1) is 9.95. The fourth-order valence-corrected chi connectivity index (χ4v) is 1.99. The number of amides is 1. The standard InChI is InChI=1S/C15H25N3O3/c1-15(2,3)14(19)17-12-10-16-18(11-12)7-9-21-13-6-4-5-8-20-13/h10-11,13H,4-9H2,1-3H3,(H,17,19)/t13-/m1/s1. The Kier molecular flexibility index (Phi) is 5.36. The first-order valence-electron chi connectivity index (χ1n) is 7.52. The summed E-state index contributed by atoms with van der Waals surface area (Å²) in [4.78, 5) is 11.9. The normalized spacial score (nSPS) is 19.5. The van der Waals surface area contributed by atoms with E-state index < -0.39 is 5.41 Å². The zero-order valence-corrected chi connectivity index (χ0v) is 13.1. The molecular weight excluding hydrogens is 270 g/mol. The van der Waals surface area contributed by atoms with E-state index in [1.807, 2.05) is 27.0 Å². The van der Waals surface area contributed by atoms with E-state index in [1.54, 1.807) is 10.9 Å². The van der Waals surface area contributed by atoms with E-state index >= 15 is 0 Å². The van der Waals surface area contributed by atoms with Gasteiger partial charge in [-0.1, -0.05) is 20.8 Å². The van der Waals surface area contributed by atoms with Crippen molar-refractivity contribution < 1.29 is 14.3 Å². The van der Waals surface area contributed by atoms with Crippen molar-refractivity contribution in [3.05, 3.63) is 12.4 Å². The van der Waals surface area contributed by atoms with Crippen molar-refractivity contribution in [1.29, 1.82) is 0 Å². The summed E-state index contributed by atoms with van der Waals surface area (Å²) in [6.07, 6.45) is 6.64. The molecule has 6 nitrogen and oxygen atoms in total. The summed E-state index contributed by atoms with van der Waals surface area (Å²) >= 11 is 0. The summed E-state index contributed by atoms with van der Waals surface area (Å²) in [5.74, 6) is -0.0195. The monoisotopic (exact) mass is 295 g/mol. The highest BCUT2D eigenvalue weighted by Gasteiger charge is 2.21. The molecule has 1 atom stereocenters. The molecular formula is C15H25N3O3. The quantitative estimate of drug-likeness (QED) is 0.906. The molecule has 6 heteroatoms. The van der Waals surface area contributed by atoms with Gasteiger partial charge in [0.2, 0.25) is 5.91 Å². The number of carbonyl (C=O) groups excluding carboxylic acids is 1. The molecule has 1 aromatic rings. The fraction of sp³-hybridized carbons (Fsp3) is 0.733. The highest BCUT2D eigenvalue weighted by molar-refractivity contribution is 5.94. The van der Waals surface area contributed by atoms with E-state index in [0.717, 1.165) is 25.9 Å². The maximum atomic E-state index is 11.9. The van der Waals surface area contributed by atoms with Crippen molar-refractivity contribution in [3.8, 4) is 0 Å². The molecule has 1 aromatic heterocycles. The predicted octanol–water partition coefficient (Wildman–Crippen LogP) is 2.41. The smallest absolute Gasteiger partial charge is 0.229 e. The van der Waals surface area contributed by atoms with Crippen molar-refractivity contribution in [2.24, 2.45) is 5.41 Å². The van der Waals surface area contributed by atoms with Crippen LogP contribution in [-0.4, -0.2) is 35.2 Å². The lowest BCUT2D eigenvalue weighted by Gasteiger charge is -2.22. The Bertz CT molecular complexity index is 459. The van der Waals surface area contributed by atoms with E-state index in [0.29, 0.717) is 18.8 Å². The Labute approximate surface area is 125 Å². The van der Waals surface area contributed by atoms with Gasteiger partial charge in [0.15, 0.2) is 6.29 Å². The molecule has 1 saturated heterocycles. The summed E-state index contributed by atoms with van der Waals surface area (Å²) in [6, 6.07) is 0. The molecule has 0 unspecified atom stereocenters. The van der Waals surface area contributed by atoms with Crippen LogP contribution in [0.5, 0.6) is 0 Å². The van der Waals surface area contributed by atoms with Crippen molar-refractivity contribution in [2.45, 2.75) is 52.9 Å². The molecule has 0 bridgehead atoms. The minimum absolute atomic E-state index is 0.0195. The molecule has 2 heterocycles. The Morgan fingerprint density at radius 3 is 3.00 bits per heavy atom. The van der Waals surface area contributed by atoms with Crippen LogP contribution in [0.1, 0.15) is 40.0 Å². The number of hydrogen-bond donors (Lipinski definition) is 1. The Hall–Kier alpha value is -1.40. The molecule has 0 aliphatic carbocycles. The lowest BCUT2D eigenvalue weighted by molar-refractivity contribution is -0.163. The summed E-state index contributed by atoms with van der Waals surface area (Å²) in [5.41, 5.74) is 0.299. The third-order valence-electron chi connectivity index (χ3n) is 3.33. The molecule has 0 radical (unpaired) electrons. The molecule has 118 valence electrons. The number of aromatic nitrogens is 2. The summed E-state index contributed by atoms with van der Waals surface area (Å²) in [6.45, 7) is 7.62. The number of hydrogen-bond acceptors (Lipinski definition) is 4. The third-order valence-corrected chi connectivity index (χ3v) is 3.33. The maximum Gasteiger partial charge on any atom is 0.229 e. The molecule has 1 fully saturated rings. The molecule has 0 aromatic carbocycles. The Morgan fingerprint density at radius 1 is 1.52 bits per heavy atom. The summed E-state index contributed by atoms with van der Waals surface area (Å²) in [5, 5.41) is 7.07. The first-order valence-corrected chi connectivity index (χ1v) is 7.52. The first kappa shape index (κ1) is 16.0. The fourth-order valence-electron chi connectivity index (χ4n) is 1.99. The molecule has 21 heavy (non-hydrogen) atoms. The summed E-state index contributed by atoms with van der Waals surface area (Å²) in [7, 11) is 0. The van der Waals surface area contributed by atoms with Crippen molar-refractivity contribution in [1.82, 2.24) is 9.78 Å². The van der Waals surface area contributed by atoms with Gasteiger partial charge in [-0.3, -0.25) is 9.48 Å². The molecule has 1 aliphatic rings. The van der Waals surface area contributed by atoms with Crippen LogP contribution in [0.25, 0.3) is 0 Å². The van der Waals surface area contributed by atoms with Gasteiger partial charge in [-0.05, 0) is 19.3 Å². The molecule has 2 rings (SSSR count). The molecule has 1 amide bonds. The van der Waals surface area contributed by atoms with E-state index in [9.17, 15) is 4.79 Å². The zero-order valence-electron chi connectivity index (χ0n) is 13.1. The average molecular weight is 295 g/mol. The van der Waals surface area contributed by atoms with Crippen LogP contribution in [0.3, 0.4) is 0 Å². The summed E-state index contributed by atoms with van der Waals surface area (Å²) < 4.78 is 12.9. The van der Waals surface area contributed by atoms with Gasteiger partial charge in [0, 0.05) is 18.2 Å². The average Bonchev–Trinajstić information content (AvgIpc) is 2.86. The van der Waals surface area contributed by atoms with Gasteiger partial charge < -0.3 is 14.8 Å². The zero-order chi connectivity index (χ0) is 15.3. The van der Waals surface area contributed by atoms with Gasteiger partial charge in [-0.2, -0.15) is 5.10 Å². The van der Waals surface area contributed by atoms with Gasteiger partial charge in [0.05, 0.1) is 25.0 Å². The van der Waals surface area contributed by atoms with Crippen molar-refractivity contribution in [3.63, 3.8) is 0 Å².